The average Bonchev–Trinajstić information content (AvgIpc) is 2.58. The molecular weight excluding hydrogens is 346 g/mol. The molecule has 0 radical (unpaired) electrons. The van der Waals surface area contributed by atoms with Gasteiger partial charge in [0.05, 0.1) is 6.61 Å². The van der Waals surface area contributed by atoms with E-state index in [1.165, 1.54) is 19.3 Å². The van der Waals surface area contributed by atoms with Crippen molar-refractivity contribution >= 4 is 40.3 Å². The minimum absolute atomic E-state index is 0.268. The first kappa shape index (κ1) is 23.1. The van der Waals surface area contributed by atoms with Gasteiger partial charge in [-0.25, -0.2) is 0 Å². The molecule has 0 aliphatic heterocycles. The van der Waals surface area contributed by atoms with Gasteiger partial charge in [-0.2, -0.15) is 0 Å². The van der Waals surface area contributed by atoms with E-state index in [4.69, 9.17) is 4.74 Å². The number of esters is 1. The van der Waals surface area contributed by atoms with Gasteiger partial charge in [0.15, 0.2) is 0 Å². The van der Waals surface area contributed by atoms with Crippen molar-refractivity contribution in [2.24, 2.45) is 0 Å². The fourth-order valence-electron chi connectivity index (χ4n) is 1.74. The summed E-state index contributed by atoms with van der Waals surface area (Å²) in [4.78, 5) is 35.3. The smallest absolute Gasteiger partial charge is 0.305 e. The molecule has 5 nitrogen and oxygen atoms in total. The molecule has 24 heavy (non-hydrogen) atoms. The lowest BCUT2D eigenvalue weighted by Gasteiger charge is -2.17. The van der Waals surface area contributed by atoms with Gasteiger partial charge in [-0.1, -0.05) is 41.4 Å². The van der Waals surface area contributed by atoms with Gasteiger partial charge in [-0.15, -0.1) is 0 Å². The molecule has 0 saturated heterocycles. The van der Waals surface area contributed by atoms with Gasteiger partial charge >= 0.3 is 5.97 Å². The normalized spacial score (nSPS) is 11.6. The highest BCUT2D eigenvalue weighted by Crippen LogP contribution is 2.35. The maximum Gasteiger partial charge on any atom is 0.305 e. The van der Waals surface area contributed by atoms with Gasteiger partial charge in [0.2, 0.25) is 6.41 Å². The maximum absolute atomic E-state index is 11.6. The highest BCUT2D eigenvalue weighted by atomic mass is 33.1. The number of carbonyl (C=O) groups excluding carboxylic acids is 3. The number of allylic oxidation sites excluding steroid dienone is 1. The van der Waals surface area contributed by atoms with Crippen LogP contribution in [0.5, 0.6) is 0 Å². The summed E-state index contributed by atoms with van der Waals surface area (Å²) in [5.41, 5.74) is 0.884. The third kappa shape index (κ3) is 11.6. The zero-order chi connectivity index (χ0) is 18.2. The molecule has 7 heteroatoms. The van der Waals surface area contributed by atoms with E-state index in [0.717, 1.165) is 29.1 Å². The number of unbranched alkanes of at least 4 members (excludes halogenated alkanes) is 3. The average molecular weight is 376 g/mol. The van der Waals surface area contributed by atoms with E-state index in [1.54, 1.807) is 33.5 Å². The van der Waals surface area contributed by atoms with Crippen molar-refractivity contribution in [2.75, 3.05) is 19.4 Å². The Balaban J connectivity index is 4.36. The van der Waals surface area contributed by atoms with Crippen LogP contribution in [0.4, 0.5) is 0 Å². The van der Waals surface area contributed by atoms with Crippen molar-refractivity contribution in [2.45, 2.75) is 58.8 Å². The minimum atomic E-state index is -0.279. The van der Waals surface area contributed by atoms with Crippen LogP contribution in [0.15, 0.2) is 10.6 Å². The molecule has 0 N–H and O–H groups in total. The third-order valence-electron chi connectivity index (χ3n) is 3.38. The van der Waals surface area contributed by atoms with E-state index in [0.29, 0.717) is 25.9 Å². The highest BCUT2D eigenvalue weighted by molar-refractivity contribution is 8.78. The molecule has 0 saturated carbocycles. The standard InChI is InChI=1S/C17H29NO4S2/c1-4-5-8-13-23-24-16(15(2)18(3)14-20)10-12-22-17(21)9-6-7-11-19/h11,14H,4-10,12-13H2,1-3H3/b16-15-. The maximum atomic E-state index is 11.6. The Labute approximate surface area is 153 Å². The van der Waals surface area contributed by atoms with E-state index >= 15 is 0 Å². The number of aldehydes is 1. The summed E-state index contributed by atoms with van der Waals surface area (Å²) in [6.45, 7) is 4.37. The Morgan fingerprint density at radius 3 is 2.54 bits per heavy atom. The number of hydrogen-bond donors (Lipinski definition) is 0. The second kappa shape index (κ2) is 15.6. The summed E-state index contributed by atoms with van der Waals surface area (Å²) < 4.78 is 5.21. The van der Waals surface area contributed by atoms with E-state index in [9.17, 15) is 14.4 Å². The van der Waals surface area contributed by atoms with Crippen LogP contribution in [0.25, 0.3) is 0 Å². The molecule has 0 bridgehead atoms. The third-order valence-corrected chi connectivity index (χ3v) is 6.11. The summed E-state index contributed by atoms with van der Waals surface area (Å²) in [5, 5.41) is 0. The monoisotopic (exact) mass is 375 g/mol. The fraction of sp³-hybridized carbons (Fsp3) is 0.706. The predicted molar refractivity (Wildman–Crippen MR) is 102 cm³/mol. The second-order valence-electron chi connectivity index (χ2n) is 5.37. The van der Waals surface area contributed by atoms with Crippen LogP contribution in [0.3, 0.4) is 0 Å². The van der Waals surface area contributed by atoms with Crippen LogP contribution in [-0.2, 0) is 19.1 Å². The van der Waals surface area contributed by atoms with Gasteiger partial charge in [-0.3, -0.25) is 9.59 Å². The van der Waals surface area contributed by atoms with E-state index in [-0.39, 0.29) is 12.4 Å². The fourth-order valence-corrected chi connectivity index (χ4v) is 4.36. The number of hydrogen-bond acceptors (Lipinski definition) is 6. The van der Waals surface area contributed by atoms with Crippen molar-refractivity contribution in [1.82, 2.24) is 4.90 Å². The van der Waals surface area contributed by atoms with Gasteiger partial charge in [0.1, 0.15) is 6.29 Å². The SMILES string of the molecule is CCCCCSS/C(CCOC(=O)CCCC=O)=C(/C)N(C)C=O. The lowest BCUT2D eigenvalue weighted by atomic mass is 10.2. The van der Waals surface area contributed by atoms with Crippen molar-refractivity contribution in [3.63, 3.8) is 0 Å². The van der Waals surface area contributed by atoms with Crippen LogP contribution in [-0.4, -0.2) is 43.0 Å². The summed E-state index contributed by atoms with van der Waals surface area (Å²) in [5.74, 6) is 0.782. The lowest BCUT2D eigenvalue weighted by molar-refractivity contribution is -0.143. The predicted octanol–water partition coefficient (Wildman–Crippen LogP) is 4.18. The van der Waals surface area contributed by atoms with Crippen LogP contribution < -0.4 is 0 Å². The van der Waals surface area contributed by atoms with E-state index in [2.05, 4.69) is 6.92 Å². The molecule has 0 aliphatic rings. The molecule has 0 aromatic rings. The highest BCUT2D eigenvalue weighted by Gasteiger charge is 2.10. The molecule has 0 atom stereocenters. The molecule has 1 amide bonds. The van der Waals surface area contributed by atoms with Gasteiger partial charge in [-0.05, 0) is 19.8 Å². The topological polar surface area (TPSA) is 63.7 Å². The molecule has 0 rings (SSSR count). The van der Waals surface area contributed by atoms with Crippen LogP contribution in [0.1, 0.15) is 58.8 Å². The van der Waals surface area contributed by atoms with Gasteiger partial charge in [0, 0.05) is 42.7 Å². The van der Waals surface area contributed by atoms with Gasteiger partial charge < -0.3 is 14.4 Å². The molecule has 0 spiro atoms. The lowest BCUT2D eigenvalue weighted by Crippen LogP contribution is -2.15. The Morgan fingerprint density at radius 1 is 1.17 bits per heavy atom. The molecule has 0 aliphatic carbocycles. The number of carbonyl (C=O) groups is 3. The minimum Gasteiger partial charge on any atom is -0.465 e. The Morgan fingerprint density at radius 2 is 1.92 bits per heavy atom. The quantitative estimate of drug-likeness (QED) is 0.185. The zero-order valence-electron chi connectivity index (χ0n) is 14.9. The zero-order valence-corrected chi connectivity index (χ0v) is 16.5. The van der Waals surface area contributed by atoms with Crippen LogP contribution in [0, 0.1) is 0 Å². The first-order valence-electron chi connectivity index (χ1n) is 8.33. The summed E-state index contributed by atoms with van der Waals surface area (Å²) in [7, 11) is 5.14. The van der Waals surface area contributed by atoms with Crippen molar-refractivity contribution in [3.05, 3.63) is 10.6 Å². The van der Waals surface area contributed by atoms with Gasteiger partial charge in [0.25, 0.3) is 0 Å². The van der Waals surface area contributed by atoms with E-state index in [1.807, 2.05) is 6.92 Å². The summed E-state index contributed by atoms with van der Waals surface area (Å²) in [6.07, 6.45) is 6.95. The Kier molecular flexibility index (Phi) is 15.0. The second-order valence-corrected chi connectivity index (χ2v) is 7.88. The van der Waals surface area contributed by atoms with Crippen LogP contribution >= 0.6 is 21.6 Å². The largest absolute Gasteiger partial charge is 0.465 e. The summed E-state index contributed by atoms with van der Waals surface area (Å²) in [6, 6.07) is 0. The summed E-state index contributed by atoms with van der Waals surface area (Å²) >= 11 is 0. The molecule has 0 unspecified atom stereocenters. The molecular formula is C17H29NO4S2. The van der Waals surface area contributed by atoms with Crippen LogP contribution in [0.2, 0.25) is 0 Å². The molecule has 0 aromatic carbocycles. The first-order valence-corrected chi connectivity index (χ1v) is 10.6. The molecule has 0 heterocycles. The first-order chi connectivity index (χ1) is 11.6. The Hall–Kier alpha value is -0.950. The number of nitrogens with zero attached hydrogens (tertiary/aromatic N) is 1. The molecule has 0 aromatic heterocycles. The van der Waals surface area contributed by atoms with Crippen molar-refractivity contribution < 1.29 is 19.1 Å². The number of rotatable bonds is 15. The number of amides is 1. The Bertz CT molecular complexity index is 413. The van der Waals surface area contributed by atoms with Crippen molar-refractivity contribution in [3.8, 4) is 0 Å². The molecule has 0 fully saturated rings. The van der Waals surface area contributed by atoms with Crippen molar-refractivity contribution in [1.29, 1.82) is 0 Å². The molecule has 138 valence electrons. The van der Waals surface area contributed by atoms with E-state index < -0.39 is 0 Å². The number of ether oxygens (including phenoxy) is 1.